The predicted molar refractivity (Wildman–Crippen MR) is 90.7 cm³/mol. The van der Waals surface area contributed by atoms with Crippen LogP contribution in [0.5, 0.6) is 0 Å². The maximum absolute atomic E-state index is 10.2. The monoisotopic (exact) mass is 361 g/mol. The number of rotatable bonds is 6. The molecule has 2 aromatic rings. The van der Waals surface area contributed by atoms with Gasteiger partial charge in [-0.2, -0.15) is 0 Å². The van der Waals surface area contributed by atoms with Crippen LogP contribution < -0.4 is 5.32 Å². The Morgan fingerprint density at radius 2 is 1.95 bits per heavy atom. The van der Waals surface area contributed by atoms with Gasteiger partial charge in [-0.05, 0) is 22.8 Å². The summed E-state index contributed by atoms with van der Waals surface area (Å²) in [4.78, 5) is 0. The van der Waals surface area contributed by atoms with Crippen LogP contribution in [0.25, 0.3) is 0 Å². The normalized spacial score (nSPS) is 20.1. The maximum Gasteiger partial charge on any atom is 0.0775 e. The van der Waals surface area contributed by atoms with Gasteiger partial charge < -0.3 is 15.2 Å². The highest BCUT2D eigenvalue weighted by Crippen LogP contribution is 2.35. The first-order valence-corrected chi connectivity index (χ1v) is 8.35. The van der Waals surface area contributed by atoms with Gasteiger partial charge in [-0.1, -0.05) is 58.4 Å². The number of fused-ring (bicyclic) bond motifs is 1. The molecule has 22 heavy (non-hydrogen) atoms. The Labute approximate surface area is 139 Å². The van der Waals surface area contributed by atoms with Crippen molar-refractivity contribution in [3.63, 3.8) is 0 Å². The number of hydrogen-bond acceptors (Lipinski definition) is 3. The Hall–Kier alpha value is -1.20. The van der Waals surface area contributed by atoms with Gasteiger partial charge in [0.25, 0.3) is 0 Å². The summed E-state index contributed by atoms with van der Waals surface area (Å²) < 4.78 is 6.75. The van der Waals surface area contributed by atoms with E-state index in [1.807, 2.05) is 30.3 Å². The van der Waals surface area contributed by atoms with E-state index in [9.17, 15) is 5.11 Å². The Kier molecular flexibility index (Phi) is 5.26. The lowest BCUT2D eigenvalue weighted by atomic mass is 10.1. The topological polar surface area (TPSA) is 41.5 Å². The third kappa shape index (κ3) is 3.58. The van der Waals surface area contributed by atoms with E-state index in [1.54, 1.807) is 0 Å². The first-order valence-electron chi connectivity index (χ1n) is 7.56. The van der Waals surface area contributed by atoms with Gasteiger partial charge in [0.15, 0.2) is 0 Å². The van der Waals surface area contributed by atoms with Crippen molar-refractivity contribution in [2.75, 3.05) is 13.2 Å². The molecule has 0 saturated heterocycles. The third-order valence-corrected chi connectivity index (χ3v) is 4.75. The molecule has 1 aliphatic carbocycles. The first-order chi connectivity index (χ1) is 10.8. The van der Waals surface area contributed by atoms with Gasteiger partial charge >= 0.3 is 0 Å². The fourth-order valence-corrected chi connectivity index (χ4v) is 3.46. The van der Waals surface area contributed by atoms with Crippen LogP contribution in [0.1, 0.15) is 22.7 Å². The maximum atomic E-state index is 10.2. The quantitative estimate of drug-likeness (QED) is 0.776. The molecule has 0 unspecified atom stereocenters. The van der Waals surface area contributed by atoms with Gasteiger partial charge in [-0.25, -0.2) is 0 Å². The smallest absolute Gasteiger partial charge is 0.0775 e. The average Bonchev–Trinajstić information content (AvgIpc) is 2.86. The lowest BCUT2D eigenvalue weighted by Crippen LogP contribution is -2.31. The number of halogens is 1. The van der Waals surface area contributed by atoms with Crippen molar-refractivity contribution in [2.45, 2.75) is 25.2 Å². The van der Waals surface area contributed by atoms with Crippen molar-refractivity contribution in [2.24, 2.45) is 0 Å². The van der Waals surface area contributed by atoms with E-state index in [0.717, 1.165) is 11.0 Å². The molecule has 3 nitrogen and oxygen atoms in total. The summed E-state index contributed by atoms with van der Waals surface area (Å²) in [5, 5.41) is 13.7. The van der Waals surface area contributed by atoms with Crippen LogP contribution >= 0.6 is 15.9 Å². The summed E-state index contributed by atoms with van der Waals surface area (Å²) in [5.41, 5.74) is 3.57. The molecule has 0 heterocycles. The highest BCUT2D eigenvalue weighted by molar-refractivity contribution is 9.10. The van der Waals surface area contributed by atoms with Crippen molar-refractivity contribution in [1.29, 1.82) is 0 Å². The van der Waals surface area contributed by atoms with Gasteiger partial charge in [0.1, 0.15) is 0 Å². The zero-order chi connectivity index (χ0) is 15.4. The molecule has 0 saturated carbocycles. The third-order valence-electron chi connectivity index (χ3n) is 4.01. The Morgan fingerprint density at radius 1 is 1.14 bits per heavy atom. The number of nitrogens with one attached hydrogen (secondary N) is 1. The zero-order valence-corrected chi connectivity index (χ0v) is 13.9. The standard InChI is InChI=1S/C18H20BrNO2/c19-16-8-4-7-14-15(16)11-17(21)18(14)20-9-10-22-12-13-5-2-1-3-6-13/h1-8,17-18,20-21H,9-12H2/t17-,18-/m0/s1. The van der Waals surface area contributed by atoms with Crippen LogP contribution in [0.2, 0.25) is 0 Å². The summed E-state index contributed by atoms with van der Waals surface area (Å²) in [6, 6.07) is 16.3. The van der Waals surface area contributed by atoms with Gasteiger partial charge in [0, 0.05) is 17.4 Å². The van der Waals surface area contributed by atoms with Gasteiger partial charge in [0.05, 0.1) is 25.4 Å². The van der Waals surface area contributed by atoms with Crippen LogP contribution in [0.15, 0.2) is 53.0 Å². The van der Waals surface area contributed by atoms with Crippen LogP contribution in [0, 0.1) is 0 Å². The lowest BCUT2D eigenvalue weighted by molar-refractivity contribution is 0.105. The van der Waals surface area contributed by atoms with Crippen molar-refractivity contribution in [3.8, 4) is 0 Å². The van der Waals surface area contributed by atoms with Crippen molar-refractivity contribution >= 4 is 15.9 Å². The van der Waals surface area contributed by atoms with Crippen LogP contribution in [-0.4, -0.2) is 24.4 Å². The summed E-state index contributed by atoms with van der Waals surface area (Å²) in [6.07, 6.45) is 0.321. The second-order valence-electron chi connectivity index (χ2n) is 5.55. The Bertz CT molecular complexity index is 618. The zero-order valence-electron chi connectivity index (χ0n) is 12.3. The van der Waals surface area contributed by atoms with Crippen molar-refractivity contribution < 1.29 is 9.84 Å². The van der Waals surface area contributed by atoms with E-state index in [-0.39, 0.29) is 12.1 Å². The van der Waals surface area contributed by atoms with Gasteiger partial charge in [0.2, 0.25) is 0 Å². The minimum absolute atomic E-state index is 0.00664. The molecule has 2 aromatic carbocycles. The number of ether oxygens (including phenoxy) is 1. The van der Waals surface area contributed by atoms with E-state index in [2.05, 4.69) is 39.4 Å². The fourth-order valence-electron chi connectivity index (χ4n) is 2.91. The van der Waals surface area contributed by atoms with Gasteiger partial charge in [-0.3, -0.25) is 0 Å². The van der Waals surface area contributed by atoms with Crippen molar-refractivity contribution in [1.82, 2.24) is 5.32 Å². The molecule has 0 aromatic heterocycles. The summed E-state index contributed by atoms with van der Waals surface area (Å²) in [7, 11) is 0. The molecule has 116 valence electrons. The van der Waals surface area contributed by atoms with E-state index >= 15 is 0 Å². The molecule has 0 spiro atoms. The van der Waals surface area contributed by atoms with E-state index < -0.39 is 0 Å². The van der Waals surface area contributed by atoms with E-state index in [0.29, 0.717) is 19.6 Å². The average molecular weight is 362 g/mol. The molecular weight excluding hydrogens is 342 g/mol. The molecule has 0 aliphatic heterocycles. The molecule has 2 N–H and O–H groups in total. The summed E-state index contributed by atoms with van der Waals surface area (Å²) in [5.74, 6) is 0. The molecule has 0 fully saturated rings. The second-order valence-corrected chi connectivity index (χ2v) is 6.40. The molecule has 0 amide bonds. The SMILES string of the molecule is O[C@H]1Cc2c(Br)cccc2[C@@H]1NCCOCc1ccccc1. The number of aliphatic hydroxyl groups excluding tert-OH is 1. The molecule has 1 aliphatic rings. The number of aliphatic hydroxyl groups is 1. The molecule has 4 heteroatoms. The Morgan fingerprint density at radius 3 is 2.77 bits per heavy atom. The second kappa shape index (κ2) is 7.38. The van der Waals surface area contributed by atoms with Crippen LogP contribution in [-0.2, 0) is 17.8 Å². The highest BCUT2D eigenvalue weighted by Gasteiger charge is 2.31. The minimum atomic E-state index is -0.372. The predicted octanol–water partition coefficient (Wildman–Crippen LogP) is 3.21. The lowest BCUT2D eigenvalue weighted by Gasteiger charge is -2.18. The minimum Gasteiger partial charge on any atom is -0.391 e. The number of benzene rings is 2. The molecule has 3 rings (SSSR count). The molecule has 2 atom stereocenters. The molecule has 0 bridgehead atoms. The molecular formula is C18H20BrNO2. The van der Waals surface area contributed by atoms with Crippen LogP contribution in [0.4, 0.5) is 0 Å². The van der Waals surface area contributed by atoms with Crippen LogP contribution in [0.3, 0.4) is 0 Å². The molecule has 0 radical (unpaired) electrons. The summed E-state index contributed by atoms with van der Waals surface area (Å²) >= 11 is 3.56. The summed E-state index contributed by atoms with van der Waals surface area (Å²) in [6.45, 7) is 1.97. The Balaban J connectivity index is 1.47. The van der Waals surface area contributed by atoms with Crippen molar-refractivity contribution in [3.05, 3.63) is 69.7 Å². The highest BCUT2D eigenvalue weighted by atomic mass is 79.9. The first kappa shape index (κ1) is 15.7. The fraction of sp³-hybridized carbons (Fsp3) is 0.333. The van der Waals surface area contributed by atoms with Gasteiger partial charge in [-0.15, -0.1) is 0 Å². The largest absolute Gasteiger partial charge is 0.391 e. The van der Waals surface area contributed by atoms with E-state index in [4.69, 9.17) is 4.74 Å². The number of hydrogen-bond donors (Lipinski definition) is 2. The van der Waals surface area contributed by atoms with E-state index in [1.165, 1.54) is 16.7 Å².